The lowest BCUT2D eigenvalue weighted by atomic mass is 9.72. The molecule has 6 nitrogen and oxygen atoms in total. The first-order valence-electron chi connectivity index (χ1n) is 18.3. The van der Waals surface area contributed by atoms with Gasteiger partial charge in [0.1, 0.15) is 11.7 Å². The average molecular weight is 733 g/mol. The van der Waals surface area contributed by atoms with Crippen molar-refractivity contribution in [3.05, 3.63) is 0 Å². The van der Waals surface area contributed by atoms with Gasteiger partial charge in [-0.2, -0.15) is 26.3 Å². The molecule has 0 N–H and O–H groups in total. The molecule has 2 fully saturated rings. The van der Waals surface area contributed by atoms with E-state index in [-0.39, 0.29) is 34.9 Å². The third-order valence-corrected chi connectivity index (χ3v) is 11.0. The van der Waals surface area contributed by atoms with Gasteiger partial charge in [-0.3, -0.25) is 14.4 Å². The predicted octanol–water partition coefficient (Wildman–Crippen LogP) is 11.7. The Balaban J connectivity index is 0.000000742. The van der Waals surface area contributed by atoms with E-state index in [9.17, 15) is 40.7 Å². The zero-order valence-corrected chi connectivity index (χ0v) is 32.9. The van der Waals surface area contributed by atoms with E-state index in [1.807, 2.05) is 20.8 Å². The molecule has 0 amide bonds. The molecule has 0 aromatic rings. The molecule has 0 aliphatic heterocycles. The molecule has 2 rings (SSSR count). The van der Waals surface area contributed by atoms with Crippen LogP contribution in [0.25, 0.3) is 0 Å². The lowest BCUT2D eigenvalue weighted by molar-refractivity contribution is -0.234. The van der Waals surface area contributed by atoms with Crippen LogP contribution in [0.4, 0.5) is 26.3 Å². The molecule has 0 aromatic heterocycles. The van der Waals surface area contributed by atoms with Crippen molar-refractivity contribution < 1.29 is 54.9 Å². The molecular formula is C38H66F6O6. The van der Waals surface area contributed by atoms with E-state index < -0.39 is 41.2 Å². The highest BCUT2D eigenvalue weighted by Gasteiger charge is 2.57. The van der Waals surface area contributed by atoms with E-state index in [1.165, 1.54) is 19.8 Å². The number of carbonyl (C=O) groups is 3. The minimum Gasteiger partial charge on any atom is -0.462 e. The molecular weight excluding hydrogens is 666 g/mol. The number of alkyl halides is 6. The van der Waals surface area contributed by atoms with Crippen LogP contribution in [0, 0.1) is 27.6 Å². The maximum Gasteiger partial charge on any atom is 0.425 e. The molecule has 2 atom stereocenters. The van der Waals surface area contributed by atoms with Crippen molar-refractivity contribution in [3.8, 4) is 0 Å². The van der Waals surface area contributed by atoms with Crippen LogP contribution >= 0.6 is 0 Å². The number of esters is 3. The van der Waals surface area contributed by atoms with Crippen molar-refractivity contribution in [2.24, 2.45) is 27.6 Å². The summed E-state index contributed by atoms with van der Waals surface area (Å²) in [7, 11) is 0. The van der Waals surface area contributed by atoms with Crippen molar-refractivity contribution in [1.29, 1.82) is 0 Å². The summed E-state index contributed by atoms with van der Waals surface area (Å²) in [5.74, 6) is -1.43. The van der Waals surface area contributed by atoms with Gasteiger partial charge in [-0.1, -0.05) is 48.5 Å². The third-order valence-electron chi connectivity index (χ3n) is 11.0. The third kappa shape index (κ3) is 14.2. The normalized spacial score (nSPS) is 21.7. The van der Waals surface area contributed by atoms with Crippen molar-refractivity contribution >= 4 is 17.9 Å². The van der Waals surface area contributed by atoms with Gasteiger partial charge in [0.2, 0.25) is 0 Å². The van der Waals surface area contributed by atoms with Gasteiger partial charge in [0.05, 0.1) is 10.8 Å². The summed E-state index contributed by atoms with van der Waals surface area (Å²) in [6, 6.07) is 0. The largest absolute Gasteiger partial charge is 0.462 e. The van der Waals surface area contributed by atoms with Crippen molar-refractivity contribution in [2.75, 3.05) is 0 Å². The van der Waals surface area contributed by atoms with Gasteiger partial charge >= 0.3 is 30.3 Å². The monoisotopic (exact) mass is 732 g/mol. The molecule has 0 saturated heterocycles. The Hall–Kier alpha value is -2.01. The molecule has 0 heterocycles. The molecule has 2 aliphatic carbocycles. The van der Waals surface area contributed by atoms with Crippen LogP contribution in [0.1, 0.15) is 167 Å². The van der Waals surface area contributed by atoms with Crippen LogP contribution in [0.3, 0.4) is 0 Å². The average Bonchev–Trinajstić information content (AvgIpc) is 3.48. The van der Waals surface area contributed by atoms with E-state index in [4.69, 9.17) is 9.47 Å². The molecule has 296 valence electrons. The second-order valence-electron chi connectivity index (χ2n) is 16.6. The highest BCUT2D eigenvalue weighted by molar-refractivity contribution is 5.77. The highest BCUT2D eigenvalue weighted by Crippen LogP contribution is 2.44. The summed E-state index contributed by atoms with van der Waals surface area (Å²) in [5, 5.41) is 0. The summed E-state index contributed by atoms with van der Waals surface area (Å²) in [6.07, 6.45) is -1.91. The molecule has 2 saturated carbocycles. The van der Waals surface area contributed by atoms with Crippen molar-refractivity contribution in [2.45, 2.75) is 197 Å². The predicted molar refractivity (Wildman–Crippen MR) is 183 cm³/mol. The number of hydrogen-bond acceptors (Lipinski definition) is 6. The van der Waals surface area contributed by atoms with Crippen molar-refractivity contribution in [3.63, 3.8) is 0 Å². The SMILES string of the molecule is CCC(C)(C(=O)OC1CCC(C(C)(C)C)CC1)C(F)(F)F.CCC(C)(C)C(=O)OC(C)C(F)(F)F.CCC1(OC(=O)C(C)(C)CC)CCCC1. The molecule has 0 radical (unpaired) electrons. The molecule has 0 bridgehead atoms. The quantitative estimate of drug-likeness (QED) is 0.126. The summed E-state index contributed by atoms with van der Waals surface area (Å²) >= 11 is 0. The van der Waals surface area contributed by atoms with Gasteiger partial charge in [0.15, 0.2) is 11.5 Å². The fourth-order valence-corrected chi connectivity index (χ4v) is 5.35. The standard InChI is InChI=1S/C16H27F3O2.C13H24O2.C9H15F3O2/c1-6-15(5,16(17,18)19)13(20)21-12-9-7-11(8-10-12)14(2,3)4;1-5-12(3,4)11(14)15-13(6-2)9-7-8-10-13;1-5-8(3,4)7(13)14-6(2)9(10,11)12/h11-12H,6-10H2,1-5H3;5-10H2,1-4H3;6H,5H2,1-4H3. The summed E-state index contributed by atoms with van der Waals surface area (Å²) in [5.41, 5.74) is -3.53. The number of rotatable bonds is 10. The van der Waals surface area contributed by atoms with Crippen LogP contribution in [0.15, 0.2) is 0 Å². The van der Waals surface area contributed by atoms with Gasteiger partial charge in [0.25, 0.3) is 0 Å². The summed E-state index contributed by atoms with van der Waals surface area (Å²) < 4.78 is 90.4. The fraction of sp³-hybridized carbons (Fsp3) is 0.921. The summed E-state index contributed by atoms with van der Waals surface area (Å²) in [4.78, 5) is 35.2. The number of carbonyl (C=O) groups excluding carboxylic acids is 3. The first-order chi connectivity index (χ1) is 22.5. The minimum absolute atomic E-state index is 0.0197. The first kappa shape index (κ1) is 48.0. The topological polar surface area (TPSA) is 78.9 Å². The van der Waals surface area contributed by atoms with E-state index >= 15 is 0 Å². The van der Waals surface area contributed by atoms with Crippen molar-refractivity contribution in [1.82, 2.24) is 0 Å². The van der Waals surface area contributed by atoms with Gasteiger partial charge in [-0.15, -0.1) is 0 Å². The molecule has 50 heavy (non-hydrogen) atoms. The maximum atomic E-state index is 13.0. The van der Waals surface area contributed by atoms with E-state index in [2.05, 4.69) is 32.4 Å². The fourth-order valence-electron chi connectivity index (χ4n) is 5.35. The Morgan fingerprint density at radius 1 is 0.680 bits per heavy atom. The molecule has 2 unspecified atom stereocenters. The molecule has 12 heteroatoms. The Labute approximate surface area is 297 Å². The molecule has 0 spiro atoms. The van der Waals surface area contributed by atoms with Gasteiger partial charge in [-0.05, 0) is 130 Å². The van der Waals surface area contributed by atoms with Crippen LogP contribution in [-0.4, -0.2) is 48.1 Å². The molecule has 2 aliphatic rings. The Morgan fingerprint density at radius 3 is 1.46 bits per heavy atom. The smallest absolute Gasteiger partial charge is 0.425 e. The van der Waals surface area contributed by atoms with E-state index in [0.717, 1.165) is 52.4 Å². The Kier molecular flexibility index (Phi) is 17.9. The van der Waals surface area contributed by atoms with Gasteiger partial charge < -0.3 is 14.2 Å². The second-order valence-corrected chi connectivity index (χ2v) is 16.6. The number of hydrogen-bond donors (Lipinski definition) is 0. The van der Waals surface area contributed by atoms with Crippen LogP contribution in [-0.2, 0) is 28.6 Å². The molecule has 0 aromatic carbocycles. The zero-order chi connectivity index (χ0) is 39.6. The first-order valence-corrected chi connectivity index (χ1v) is 18.3. The van der Waals surface area contributed by atoms with Gasteiger partial charge in [-0.25, -0.2) is 0 Å². The Morgan fingerprint density at radius 2 is 1.12 bits per heavy atom. The number of halogens is 6. The lowest BCUT2D eigenvalue weighted by Crippen LogP contribution is -2.45. The second kappa shape index (κ2) is 18.7. The van der Waals surface area contributed by atoms with E-state index in [1.54, 1.807) is 20.8 Å². The van der Waals surface area contributed by atoms with Crippen LogP contribution in [0.5, 0.6) is 0 Å². The van der Waals surface area contributed by atoms with Gasteiger partial charge in [0, 0.05) is 0 Å². The minimum atomic E-state index is -4.57. The summed E-state index contributed by atoms with van der Waals surface area (Å²) in [6.45, 7) is 22.5. The highest BCUT2D eigenvalue weighted by atomic mass is 19.4. The maximum absolute atomic E-state index is 13.0. The van der Waals surface area contributed by atoms with Crippen LogP contribution < -0.4 is 0 Å². The number of ether oxygens (including phenoxy) is 3. The van der Waals surface area contributed by atoms with E-state index in [0.29, 0.717) is 25.2 Å². The Bertz CT molecular complexity index is 1060. The lowest BCUT2D eigenvalue weighted by Gasteiger charge is -2.38. The zero-order valence-electron chi connectivity index (χ0n) is 32.9. The van der Waals surface area contributed by atoms with Crippen LogP contribution in [0.2, 0.25) is 0 Å².